The van der Waals surface area contributed by atoms with Gasteiger partial charge in [-0.15, -0.1) is 0 Å². The van der Waals surface area contributed by atoms with Gasteiger partial charge in [0.15, 0.2) is 9.76 Å². The van der Waals surface area contributed by atoms with E-state index in [1.165, 1.54) is 24.6 Å². The third-order valence-electron chi connectivity index (χ3n) is 9.81. The molecule has 0 atom stereocenters. The maximum atomic E-state index is 14.2. The number of rotatable bonds is 9. The van der Waals surface area contributed by atoms with E-state index in [1.54, 1.807) is 33.2 Å². The molecule has 3 aromatic heterocycles. The number of benzene rings is 2. The van der Waals surface area contributed by atoms with Crippen LogP contribution in [0.15, 0.2) is 88.8 Å². The Hall–Kier alpha value is -4.84. The van der Waals surface area contributed by atoms with E-state index in [1.807, 2.05) is 48.8 Å². The molecule has 10 nitrogen and oxygen atoms in total. The van der Waals surface area contributed by atoms with Crippen molar-refractivity contribution >= 4 is 37.9 Å². The van der Waals surface area contributed by atoms with Crippen molar-refractivity contribution in [2.75, 3.05) is 31.6 Å². The molecule has 52 heavy (non-hydrogen) atoms. The molecule has 1 amide bonds. The van der Waals surface area contributed by atoms with E-state index in [0.29, 0.717) is 54.7 Å². The molecule has 0 radical (unpaired) electrons. The van der Waals surface area contributed by atoms with Crippen molar-refractivity contribution in [3.8, 4) is 16.8 Å². The van der Waals surface area contributed by atoms with Gasteiger partial charge in [-0.3, -0.25) is 19.0 Å². The molecule has 7 rings (SSSR count). The first-order valence-electron chi connectivity index (χ1n) is 18.0. The van der Waals surface area contributed by atoms with Crippen LogP contribution in [0.5, 0.6) is 0 Å². The molecule has 11 heteroatoms. The summed E-state index contributed by atoms with van der Waals surface area (Å²) in [4.78, 5) is 46.9. The van der Waals surface area contributed by atoms with Crippen LogP contribution in [0, 0.1) is 0 Å². The summed E-state index contributed by atoms with van der Waals surface area (Å²) in [6.07, 6.45) is 7.62. The molecule has 1 N–H and O–H groups in total. The van der Waals surface area contributed by atoms with E-state index in [9.17, 15) is 14.4 Å². The molecular weight excluding hydrogens is 671 g/mol. The van der Waals surface area contributed by atoms with Crippen molar-refractivity contribution in [3.05, 3.63) is 117 Å². The third-order valence-corrected chi connectivity index (χ3v) is 11.5. The van der Waals surface area contributed by atoms with Crippen LogP contribution in [0.2, 0.25) is 5.04 Å². The first kappa shape index (κ1) is 35.6. The average Bonchev–Trinajstić information content (AvgIpc) is 3.99. The Kier molecular flexibility index (Phi) is 9.53. The number of anilines is 2. The molecule has 1 aliphatic carbocycles. The predicted molar refractivity (Wildman–Crippen MR) is 209 cm³/mol. The molecule has 5 aromatic rings. The number of nitrogens with zero attached hydrogens (tertiary/aromatic N) is 4. The molecule has 4 heterocycles. The van der Waals surface area contributed by atoms with Crippen molar-refractivity contribution in [2.24, 2.45) is 7.05 Å². The second-order valence-corrected chi connectivity index (χ2v) is 18.4. The monoisotopic (exact) mass is 717 g/mol. The minimum Gasteiger partial charge on any atom is -0.414 e. The summed E-state index contributed by atoms with van der Waals surface area (Å²) < 4.78 is 15.5. The smallest absolute Gasteiger partial charge is 0.274 e. The lowest BCUT2D eigenvalue weighted by Crippen LogP contribution is -2.40. The average molecular weight is 718 g/mol. The Balaban J connectivity index is 1.30. The molecule has 0 bridgehead atoms. The highest BCUT2D eigenvalue weighted by Gasteiger charge is 2.32. The number of fused-ring (bicyclic) bond motifs is 1. The summed E-state index contributed by atoms with van der Waals surface area (Å²) in [5.41, 5.74) is 4.21. The minimum absolute atomic E-state index is 0.0362. The van der Waals surface area contributed by atoms with Gasteiger partial charge in [-0.2, -0.15) is 0 Å². The van der Waals surface area contributed by atoms with Gasteiger partial charge < -0.3 is 23.9 Å². The fraction of sp³-hybridized carbons (Fsp3) is 0.366. The highest BCUT2D eigenvalue weighted by atomic mass is 28.2. The van der Waals surface area contributed by atoms with Crippen molar-refractivity contribution in [1.29, 1.82) is 0 Å². The molecule has 1 saturated carbocycles. The largest absolute Gasteiger partial charge is 0.414 e. The van der Waals surface area contributed by atoms with E-state index in [-0.39, 0.29) is 22.1 Å². The van der Waals surface area contributed by atoms with Crippen molar-refractivity contribution in [3.63, 3.8) is 0 Å². The highest BCUT2D eigenvalue weighted by molar-refractivity contribution is 6.31. The van der Waals surface area contributed by atoms with Gasteiger partial charge in [-0.1, -0.05) is 45.0 Å². The van der Waals surface area contributed by atoms with Crippen molar-refractivity contribution in [2.45, 2.75) is 64.0 Å². The first-order valence-corrected chi connectivity index (χ1v) is 19.3. The van der Waals surface area contributed by atoms with E-state index >= 15 is 0 Å². The standard InChI is InChI=1S/C41H47N5O5Si/c1-40(2,3)52-51-41(4,5)36-31(8-7-9-34(36)46-17-16-28-22-27(26-10-11-26)12-14-32(28)38(46)48)30-23-33(39(49)44(6)25-30)43-35-15-13-29(24-42-35)37(47)45-18-20-50-21-19-45/h7-9,12-17,22-26H,10-11,18-21,52H2,1-6H3,(H,42,43). The number of hydrogen-bond donors (Lipinski definition) is 1. The Labute approximate surface area is 306 Å². The van der Waals surface area contributed by atoms with Gasteiger partial charge in [0.2, 0.25) is 0 Å². The summed E-state index contributed by atoms with van der Waals surface area (Å²) >= 11 is 0. The maximum absolute atomic E-state index is 14.2. The number of nitrogens with one attached hydrogen (secondary N) is 1. The van der Waals surface area contributed by atoms with Gasteiger partial charge in [0.1, 0.15) is 11.5 Å². The van der Waals surface area contributed by atoms with Crippen molar-refractivity contribution < 1.29 is 14.0 Å². The molecule has 2 aliphatic rings. The van der Waals surface area contributed by atoms with Crippen LogP contribution in [-0.4, -0.2) is 61.0 Å². The maximum Gasteiger partial charge on any atom is 0.274 e. The second-order valence-electron chi connectivity index (χ2n) is 15.7. The lowest BCUT2D eigenvalue weighted by atomic mass is 9.88. The summed E-state index contributed by atoms with van der Waals surface area (Å²) in [5.74, 6) is 0.940. The van der Waals surface area contributed by atoms with Gasteiger partial charge in [-0.25, -0.2) is 4.98 Å². The Bertz CT molecular complexity index is 2260. The fourth-order valence-corrected chi connectivity index (χ4v) is 7.78. The van der Waals surface area contributed by atoms with Gasteiger partial charge in [-0.05, 0) is 90.6 Å². The Morgan fingerprint density at radius 3 is 2.42 bits per heavy atom. The second kappa shape index (κ2) is 13.9. The van der Waals surface area contributed by atoms with Crippen LogP contribution in [0.1, 0.15) is 74.9 Å². The number of ether oxygens (including phenoxy) is 1. The fourth-order valence-electron chi connectivity index (χ4n) is 6.84. The minimum atomic E-state index is -1.01. The summed E-state index contributed by atoms with van der Waals surface area (Å²) in [6.45, 7) is 12.8. The van der Waals surface area contributed by atoms with Crippen LogP contribution in [0.3, 0.4) is 0 Å². The number of aromatic nitrogens is 3. The van der Waals surface area contributed by atoms with Crippen LogP contribution < -0.4 is 16.4 Å². The van der Waals surface area contributed by atoms with E-state index < -0.39 is 15.4 Å². The number of hydrogen-bond acceptors (Lipinski definition) is 7. The van der Waals surface area contributed by atoms with Crippen LogP contribution in [-0.2, 0) is 21.8 Å². The zero-order valence-corrected chi connectivity index (χ0v) is 32.3. The zero-order chi connectivity index (χ0) is 36.8. The van der Waals surface area contributed by atoms with Gasteiger partial charge >= 0.3 is 0 Å². The Morgan fingerprint density at radius 1 is 0.962 bits per heavy atom. The number of amides is 1. The number of carbonyl (C=O) groups excluding carboxylic acids is 1. The molecule has 1 aliphatic heterocycles. The van der Waals surface area contributed by atoms with Gasteiger partial charge in [0.05, 0.1) is 30.1 Å². The van der Waals surface area contributed by atoms with Gasteiger partial charge in [0, 0.05) is 55.2 Å². The molecule has 0 unspecified atom stereocenters. The van der Waals surface area contributed by atoms with Crippen molar-refractivity contribution in [1.82, 2.24) is 19.0 Å². The van der Waals surface area contributed by atoms with E-state index in [4.69, 9.17) is 9.16 Å². The lowest BCUT2D eigenvalue weighted by molar-refractivity contribution is 0.0302. The normalized spacial score (nSPS) is 15.5. The topological polar surface area (TPSA) is 108 Å². The van der Waals surface area contributed by atoms with E-state index in [2.05, 4.69) is 57.1 Å². The summed E-state index contributed by atoms with van der Waals surface area (Å²) in [6, 6.07) is 19.4. The summed E-state index contributed by atoms with van der Waals surface area (Å²) in [7, 11) is 0.704. The van der Waals surface area contributed by atoms with E-state index in [0.717, 1.165) is 27.8 Å². The van der Waals surface area contributed by atoms with Crippen LogP contribution >= 0.6 is 0 Å². The molecule has 2 fully saturated rings. The predicted octanol–water partition coefficient (Wildman–Crippen LogP) is 6.40. The van der Waals surface area contributed by atoms with Gasteiger partial charge in [0.25, 0.3) is 17.0 Å². The molecule has 1 saturated heterocycles. The molecule has 0 spiro atoms. The number of aryl methyl sites for hydroxylation is 1. The SMILES string of the molecule is Cn1cc(-c2cccc(-n3ccc4cc(C5CC5)ccc4c3=O)c2C(C)(C)O[SiH2]C(C)(C)C)cc(Nc2ccc(C(=O)N3CCOCC3)cn2)c1=O. The van der Waals surface area contributed by atoms with Crippen LogP contribution in [0.4, 0.5) is 11.5 Å². The van der Waals surface area contributed by atoms with Crippen LogP contribution in [0.25, 0.3) is 27.6 Å². The number of carbonyl (C=O) groups is 1. The summed E-state index contributed by atoms with van der Waals surface area (Å²) in [5, 5.41) is 4.85. The first-order chi connectivity index (χ1) is 24.8. The molecule has 270 valence electrons. The zero-order valence-electron chi connectivity index (χ0n) is 30.9. The molecular formula is C41H47N5O5Si. The number of pyridine rings is 3. The quantitative estimate of drug-likeness (QED) is 0.176. The highest BCUT2D eigenvalue weighted by Crippen LogP contribution is 2.42. The Morgan fingerprint density at radius 2 is 1.73 bits per heavy atom. The third kappa shape index (κ3) is 7.39. The molecule has 2 aromatic carbocycles. The number of morpholine rings is 1. The lowest BCUT2D eigenvalue weighted by Gasteiger charge is -2.34.